The SMILES string of the molecule is CCS(=O)(=O)N1CCC(NC2CCN(C)C2)CC1. The average Bonchev–Trinajstić information content (AvgIpc) is 2.75. The van der Waals surface area contributed by atoms with Gasteiger partial charge in [0.25, 0.3) is 0 Å². The van der Waals surface area contributed by atoms with E-state index in [-0.39, 0.29) is 5.75 Å². The molecule has 1 unspecified atom stereocenters. The van der Waals surface area contributed by atoms with Gasteiger partial charge in [-0.15, -0.1) is 0 Å². The smallest absolute Gasteiger partial charge is 0.213 e. The van der Waals surface area contributed by atoms with Crippen molar-refractivity contribution in [3.8, 4) is 0 Å². The Morgan fingerprint density at radius 1 is 1.11 bits per heavy atom. The standard InChI is InChI=1S/C12H25N3O2S/c1-3-18(16,17)15-8-5-11(6-9-15)13-12-4-7-14(2)10-12/h11-13H,3-10H2,1-2H3. The highest BCUT2D eigenvalue weighted by Crippen LogP contribution is 2.16. The van der Waals surface area contributed by atoms with Crippen molar-refractivity contribution in [2.75, 3.05) is 39.0 Å². The molecule has 0 aromatic rings. The normalized spacial score (nSPS) is 28.9. The first-order valence-electron chi connectivity index (χ1n) is 6.93. The van der Waals surface area contributed by atoms with Gasteiger partial charge in [-0.3, -0.25) is 0 Å². The second kappa shape index (κ2) is 5.86. The van der Waals surface area contributed by atoms with Gasteiger partial charge in [0.05, 0.1) is 5.75 Å². The van der Waals surface area contributed by atoms with Crippen LogP contribution in [0.4, 0.5) is 0 Å². The Kier molecular flexibility index (Phi) is 4.64. The van der Waals surface area contributed by atoms with Gasteiger partial charge in [-0.1, -0.05) is 0 Å². The summed E-state index contributed by atoms with van der Waals surface area (Å²) in [5, 5.41) is 3.68. The summed E-state index contributed by atoms with van der Waals surface area (Å²) in [6.45, 7) is 5.36. The number of piperidine rings is 1. The van der Waals surface area contributed by atoms with Crippen LogP contribution >= 0.6 is 0 Å². The van der Waals surface area contributed by atoms with E-state index < -0.39 is 10.0 Å². The Balaban J connectivity index is 1.77. The molecule has 2 aliphatic heterocycles. The Hall–Kier alpha value is -0.170. The number of sulfonamides is 1. The fourth-order valence-corrected chi connectivity index (χ4v) is 4.02. The molecule has 1 atom stereocenters. The average molecular weight is 275 g/mol. The number of nitrogens with one attached hydrogen (secondary N) is 1. The van der Waals surface area contributed by atoms with Crippen molar-refractivity contribution in [1.82, 2.24) is 14.5 Å². The van der Waals surface area contributed by atoms with Crippen LogP contribution in [0.25, 0.3) is 0 Å². The predicted octanol–water partition coefficient (Wildman–Crippen LogP) is 0.0942. The van der Waals surface area contributed by atoms with Crippen molar-refractivity contribution in [3.05, 3.63) is 0 Å². The molecule has 0 bridgehead atoms. The minimum Gasteiger partial charge on any atom is -0.310 e. The highest BCUT2D eigenvalue weighted by Gasteiger charge is 2.29. The number of hydrogen-bond acceptors (Lipinski definition) is 4. The molecular formula is C12H25N3O2S. The van der Waals surface area contributed by atoms with Crippen LogP contribution in [0.3, 0.4) is 0 Å². The molecule has 0 spiro atoms. The van der Waals surface area contributed by atoms with Gasteiger partial charge < -0.3 is 10.2 Å². The minimum atomic E-state index is -2.98. The van der Waals surface area contributed by atoms with Crippen LogP contribution < -0.4 is 5.32 Å². The first-order valence-corrected chi connectivity index (χ1v) is 8.54. The summed E-state index contributed by atoms with van der Waals surface area (Å²) >= 11 is 0. The summed E-state index contributed by atoms with van der Waals surface area (Å²) in [6, 6.07) is 1.08. The second-order valence-corrected chi connectivity index (χ2v) is 7.75. The maximum atomic E-state index is 11.7. The lowest BCUT2D eigenvalue weighted by atomic mass is 10.1. The zero-order valence-electron chi connectivity index (χ0n) is 11.4. The minimum absolute atomic E-state index is 0.221. The maximum absolute atomic E-state index is 11.7. The van der Waals surface area contributed by atoms with E-state index in [1.165, 1.54) is 13.0 Å². The van der Waals surface area contributed by atoms with Crippen LogP contribution in [0.5, 0.6) is 0 Å². The number of hydrogen-bond donors (Lipinski definition) is 1. The van der Waals surface area contributed by atoms with Crippen LogP contribution in [0.2, 0.25) is 0 Å². The molecule has 2 aliphatic rings. The molecule has 5 nitrogen and oxygen atoms in total. The third-order valence-corrected chi connectivity index (χ3v) is 5.96. The van der Waals surface area contributed by atoms with E-state index in [1.807, 2.05) is 0 Å². The zero-order valence-corrected chi connectivity index (χ0v) is 12.2. The van der Waals surface area contributed by atoms with Crippen molar-refractivity contribution < 1.29 is 8.42 Å². The third kappa shape index (κ3) is 3.44. The quantitative estimate of drug-likeness (QED) is 0.790. The summed E-state index contributed by atoms with van der Waals surface area (Å²) in [7, 11) is -0.832. The highest BCUT2D eigenvalue weighted by molar-refractivity contribution is 7.89. The van der Waals surface area contributed by atoms with Gasteiger partial charge in [-0.25, -0.2) is 12.7 Å². The van der Waals surface area contributed by atoms with Crippen LogP contribution in [0.15, 0.2) is 0 Å². The number of nitrogens with zero attached hydrogens (tertiary/aromatic N) is 2. The molecule has 18 heavy (non-hydrogen) atoms. The van der Waals surface area contributed by atoms with Crippen LogP contribution in [-0.4, -0.2) is 68.7 Å². The largest absolute Gasteiger partial charge is 0.310 e. The molecule has 0 amide bonds. The Bertz CT molecular complexity index is 364. The molecule has 6 heteroatoms. The van der Waals surface area contributed by atoms with Gasteiger partial charge in [0, 0.05) is 31.7 Å². The third-order valence-electron chi connectivity index (χ3n) is 4.07. The van der Waals surface area contributed by atoms with Crippen LogP contribution in [0, 0.1) is 0 Å². The van der Waals surface area contributed by atoms with Gasteiger partial charge in [-0.05, 0) is 39.8 Å². The molecule has 0 radical (unpaired) electrons. The van der Waals surface area contributed by atoms with Gasteiger partial charge in [0.1, 0.15) is 0 Å². The molecule has 0 aromatic heterocycles. The fourth-order valence-electron chi connectivity index (χ4n) is 2.89. The summed E-state index contributed by atoms with van der Waals surface area (Å²) in [5.41, 5.74) is 0. The Morgan fingerprint density at radius 2 is 1.72 bits per heavy atom. The van der Waals surface area contributed by atoms with Gasteiger partial charge in [0.15, 0.2) is 0 Å². The molecule has 1 N–H and O–H groups in total. The van der Waals surface area contributed by atoms with E-state index in [2.05, 4.69) is 17.3 Å². The van der Waals surface area contributed by atoms with Gasteiger partial charge >= 0.3 is 0 Å². The van der Waals surface area contributed by atoms with E-state index >= 15 is 0 Å². The van der Waals surface area contributed by atoms with E-state index in [0.29, 0.717) is 25.2 Å². The highest BCUT2D eigenvalue weighted by atomic mass is 32.2. The second-order valence-electron chi connectivity index (χ2n) is 5.49. The van der Waals surface area contributed by atoms with Gasteiger partial charge in [-0.2, -0.15) is 0 Å². The number of rotatable bonds is 4. The van der Waals surface area contributed by atoms with Crippen molar-refractivity contribution in [2.24, 2.45) is 0 Å². The van der Waals surface area contributed by atoms with E-state index in [1.54, 1.807) is 11.2 Å². The molecule has 0 aliphatic carbocycles. The monoisotopic (exact) mass is 275 g/mol. The van der Waals surface area contributed by atoms with E-state index in [4.69, 9.17) is 0 Å². The molecule has 0 saturated carbocycles. The molecule has 0 aromatic carbocycles. The Labute approximate surface area is 111 Å². The summed E-state index contributed by atoms with van der Waals surface area (Å²) in [4.78, 5) is 2.34. The fraction of sp³-hybridized carbons (Fsp3) is 1.00. The Morgan fingerprint density at radius 3 is 2.22 bits per heavy atom. The van der Waals surface area contributed by atoms with Crippen LogP contribution in [0.1, 0.15) is 26.2 Å². The lowest BCUT2D eigenvalue weighted by Gasteiger charge is -2.33. The lowest BCUT2D eigenvalue weighted by molar-refractivity contribution is 0.271. The van der Waals surface area contributed by atoms with Crippen LogP contribution in [-0.2, 0) is 10.0 Å². The summed E-state index contributed by atoms with van der Waals surface area (Å²) < 4.78 is 25.1. The summed E-state index contributed by atoms with van der Waals surface area (Å²) in [6.07, 6.45) is 3.10. The van der Waals surface area contributed by atoms with Crippen molar-refractivity contribution in [1.29, 1.82) is 0 Å². The lowest BCUT2D eigenvalue weighted by Crippen LogP contribution is -2.48. The molecule has 2 saturated heterocycles. The zero-order chi connectivity index (χ0) is 13.2. The molecule has 2 rings (SSSR count). The topological polar surface area (TPSA) is 52.7 Å². The molecule has 106 valence electrons. The number of likely N-dealkylation sites (N-methyl/N-ethyl adjacent to an activating group) is 1. The predicted molar refractivity (Wildman–Crippen MR) is 73.1 cm³/mol. The van der Waals surface area contributed by atoms with Gasteiger partial charge in [0.2, 0.25) is 10.0 Å². The summed E-state index contributed by atoms with van der Waals surface area (Å²) in [5.74, 6) is 0.221. The maximum Gasteiger partial charge on any atom is 0.213 e. The van der Waals surface area contributed by atoms with Crippen molar-refractivity contribution in [3.63, 3.8) is 0 Å². The molecule has 2 heterocycles. The van der Waals surface area contributed by atoms with E-state index in [9.17, 15) is 8.42 Å². The van der Waals surface area contributed by atoms with Crippen molar-refractivity contribution in [2.45, 2.75) is 38.3 Å². The first-order chi connectivity index (χ1) is 8.51. The van der Waals surface area contributed by atoms with E-state index in [0.717, 1.165) is 19.4 Å². The number of likely N-dealkylation sites (tertiary alicyclic amines) is 1. The molecule has 2 fully saturated rings. The first kappa shape index (κ1) is 14.2. The molecular weight excluding hydrogens is 250 g/mol. The van der Waals surface area contributed by atoms with Crippen molar-refractivity contribution >= 4 is 10.0 Å².